The molecule has 0 saturated carbocycles. The Bertz CT molecular complexity index is 566. The Morgan fingerprint density at radius 3 is 2.44 bits per heavy atom. The van der Waals surface area contributed by atoms with Crippen molar-refractivity contribution in [3.63, 3.8) is 0 Å². The third-order valence-electron chi connectivity index (χ3n) is 2.35. The maximum Gasteiger partial charge on any atom is 0.125 e. The van der Waals surface area contributed by atoms with Gasteiger partial charge in [0.2, 0.25) is 0 Å². The number of halogens is 2. The second kappa shape index (κ2) is 5.50. The summed E-state index contributed by atoms with van der Waals surface area (Å²) in [7, 11) is -1.24. The van der Waals surface area contributed by atoms with Crippen LogP contribution in [0, 0.1) is 5.82 Å². The number of hydrogen-bond donors (Lipinski definition) is 1. The number of nitrogen functional groups attached to an aromatic ring is 1. The molecule has 1 atom stereocenters. The van der Waals surface area contributed by atoms with Gasteiger partial charge in [-0.1, -0.05) is 11.6 Å². The van der Waals surface area contributed by atoms with Crippen LogP contribution in [0.2, 0.25) is 5.02 Å². The fraction of sp³-hybridized carbons (Fsp3) is 0.0769. The number of nitrogens with two attached hydrogens (primary N) is 1. The van der Waals surface area contributed by atoms with Crippen molar-refractivity contribution in [2.24, 2.45) is 0 Å². The first-order valence-corrected chi connectivity index (χ1v) is 6.93. The van der Waals surface area contributed by atoms with Crippen LogP contribution in [0.4, 0.5) is 10.1 Å². The zero-order valence-electron chi connectivity index (χ0n) is 9.40. The molecule has 0 aliphatic heterocycles. The minimum atomic E-state index is -1.24. The van der Waals surface area contributed by atoms with Gasteiger partial charge in [-0.15, -0.1) is 0 Å². The highest BCUT2D eigenvalue weighted by Crippen LogP contribution is 2.18. The molecule has 2 nitrogen and oxygen atoms in total. The molecule has 2 aromatic rings. The third-order valence-corrected chi connectivity index (χ3v) is 4.00. The van der Waals surface area contributed by atoms with Gasteiger partial charge in [-0.3, -0.25) is 4.21 Å². The second-order valence-corrected chi connectivity index (χ2v) is 5.72. The molecule has 0 radical (unpaired) electrons. The van der Waals surface area contributed by atoms with Gasteiger partial charge in [0.25, 0.3) is 0 Å². The Kier molecular flexibility index (Phi) is 3.99. The molecule has 0 spiro atoms. The molecule has 0 fully saturated rings. The molecule has 5 heteroatoms. The van der Waals surface area contributed by atoms with Crippen LogP contribution in [0.5, 0.6) is 0 Å². The van der Waals surface area contributed by atoms with Crippen molar-refractivity contribution in [2.45, 2.75) is 10.6 Å². The van der Waals surface area contributed by atoms with E-state index in [2.05, 4.69) is 0 Å². The van der Waals surface area contributed by atoms with Crippen LogP contribution in [-0.4, -0.2) is 4.21 Å². The van der Waals surface area contributed by atoms with Crippen molar-refractivity contribution in [1.82, 2.24) is 0 Å². The molecule has 2 aromatic carbocycles. The molecule has 0 heterocycles. The van der Waals surface area contributed by atoms with Crippen LogP contribution < -0.4 is 5.73 Å². The summed E-state index contributed by atoms with van der Waals surface area (Å²) in [5.74, 6) is -0.193. The molecule has 0 aliphatic rings. The molecule has 0 bridgehead atoms. The highest BCUT2D eigenvalue weighted by Gasteiger charge is 2.07. The molecule has 2 rings (SSSR count). The summed E-state index contributed by atoms with van der Waals surface area (Å²) < 4.78 is 25.2. The monoisotopic (exact) mass is 283 g/mol. The topological polar surface area (TPSA) is 43.1 Å². The molecule has 2 N–H and O–H groups in total. The standard InChI is InChI=1S/C13H11ClFNOS/c14-10-1-3-13(4-2-10)18(17)8-9-5-11(15)7-12(16)6-9/h1-7H,8,16H2. The Morgan fingerprint density at radius 2 is 1.83 bits per heavy atom. The average Bonchev–Trinajstić information content (AvgIpc) is 2.28. The van der Waals surface area contributed by atoms with E-state index < -0.39 is 16.6 Å². The van der Waals surface area contributed by atoms with Gasteiger partial charge in [-0.05, 0) is 48.0 Å². The SMILES string of the molecule is Nc1cc(F)cc(CS(=O)c2ccc(Cl)cc2)c1. The predicted octanol–water partition coefficient (Wildman–Crippen LogP) is 3.37. The minimum Gasteiger partial charge on any atom is -0.399 e. The maximum atomic E-state index is 13.1. The Balaban J connectivity index is 2.18. The second-order valence-electron chi connectivity index (χ2n) is 3.84. The number of hydrogen-bond acceptors (Lipinski definition) is 2. The van der Waals surface area contributed by atoms with Crippen LogP contribution in [0.3, 0.4) is 0 Å². The first-order chi connectivity index (χ1) is 8.54. The summed E-state index contributed by atoms with van der Waals surface area (Å²) in [6.07, 6.45) is 0. The van der Waals surface area contributed by atoms with E-state index in [9.17, 15) is 8.60 Å². The first kappa shape index (κ1) is 13.1. The predicted molar refractivity (Wildman–Crippen MR) is 72.4 cm³/mol. The van der Waals surface area contributed by atoms with E-state index >= 15 is 0 Å². The Morgan fingerprint density at radius 1 is 1.17 bits per heavy atom. The van der Waals surface area contributed by atoms with Crippen molar-refractivity contribution in [2.75, 3.05) is 5.73 Å². The quantitative estimate of drug-likeness (QED) is 0.878. The van der Waals surface area contributed by atoms with Crippen molar-refractivity contribution in [3.05, 3.63) is 58.9 Å². The highest BCUT2D eigenvalue weighted by atomic mass is 35.5. The molecule has 0 amide bonds. The fourth-order valence-corrected chi connectivity index (χ4v) is 2.78. The maximum absolute atomic E-state index is 13.1. The van der Waals surface area contributed by atoms with E-state index in [1.807, 2.05) is 0 Å². The lowest BCUT2D eigenvalue weighted by atomic mass is 10.2. The van der Waals surface area contributed by atoms with Crippen molar-refractivity contribution in [1.29, 1.82) is 0 Å². The lowest BCUT2D eigenvalue weighted by Gasteiger charge is -2.04. The Labute approximate surface area is 112 Å². The molecule has 0 aliphatic carbocycles. The van der Waals surface area contributed by atoms with E-state index in [0.29, 0.717) is 21.2 Å². The van der Waals surface area contributed by atoms with Crippen LogP contribution in [0.15, 0.2) is 47.4 Å². The summed E-state index contributed by atoms with van der Waals surface area (Å²) in [4.78, 5) is 0.655. The molecular formula is C13H11ClFNOS. The Hall–Kier alpha value is -1.39. The largest absolute Gasteiger partial charge is 0.399 e. The van der Waals surface area contributed by atoms with Crippen molar-refractivity contribution < 1.29 is 8.60 Å². The number of anilines is 1. The zero-order chi connectivity index (χ0) is 13.1. The summed E-state index contributed by atoms with van der Waals surface area (Å²) in [6.45, 7) is 0. The van der Waals surface area contributed by atoms with Gasteiger partial charge in [-0.2, -0.15) is 0 Å². The van der Waals surface area contributed by atoms with Crippen molar-refractivity contribution >= 4 is 28.1 Å². The number of rotatable bonds is 3. The van der Waals surface area contributed by atoms with Crippen LogP contribution in [0.1, 0.15) is 5.56 Å². The van der Waals surface area contributed by atoms with Gasteiger partial charge < -0.3 is 5.73 Å². The first-order valence-electron chi connectivity index (χ1n) is 5.23. The summed E-state index contributed by atoms with van der Waals surface area (Å²) in [5, 5.41) is 0.589. The van der Waals surface area contributed by atoms with Crippen LogP contribution in [-0.2, 0) is 16.6 Å². The smallest absolute Gasteiger partial charge is 0.125 e. The summed E-state index contributed by atoms with van der Waals surface area (Å²) >= 11 is 5.75. The summed E-state index contributed by atoms with van der Waals surface area (Å²) in [6, 6.07) is 10.9. The van der Waals surface area contributed by atoms with Gasteiger partial charge in [-0.25, -0.2) is 4.39 Å². The van der Waals surface area contributed by atoms with Gasteiger partial charge in [0.1, 0.15) is 5.82 Å². The van der Waals surface area contributed by atoms with E-state index in [4.69, 9.17) is 17.3 Å². The van der Waals surface area contributed by atoms with E-state index in [1.165, 1.54) is 12.1 Å². The minimum absolute atomic E-state index is 0.226. The zero-order valence-corrected chi connectivity index (χ0v) is 11.0. The van der Waals surface area contributed by atoms with Gasteiger partial charge >= 0.3 is 0 Å². The molecule has 0 saturated heterocycles. The van der Waals surface area contributed by atoms with E-state index in [0.717, 1.165) is 0 Å². The van der Waals surface area contributed by atoms with Gasteiger partial charge in [0.05, 0.1) is 16.6 Å². The van der Waals surface area contributed by atoms with Gasteiger partial charge in [0.15, 0.2) is 0 Å². The molecule has 94 valence electrons. The lowest BCUT2D eigenvalue weighted by Crippen LogP contribution is -1.98. The van der Waals surface area contributed by atoms with E-state index in [-0.39, 0.29) is 5.75 Å². The lowest BCUT2D eigenvalue weighted by molar-refractivity contribution is 0.627. The third kappa shape index (κ3) is 3.31. The van der Waals surface area contributed by atoms with Crippen LogP contribution >= 0.6 is 11.6 Å². The highest BCUT2D eigenvalue weighted by molar-refractivity contribution is 7.84. The molecule has 1 unspecified atom stereocenters. The van der Waals surface area contributed by atoms with Crippen molar-refractivity contribution in [3.8, 4) is 0 Å². The molecule has 0 aromatic heterocycles. The molecular weight excluding hydrogens is 273 g/mol. The number of benzene rings is 2. The normalized spacial score (nSPS) is 12.3. The van der Waals surface area contributed by atoms with E-state index in [1.54, 1.807) is 30.3 Å². The fourth-order valence-electron chi connectivity index (χ4n) is 1.58. The molecule has 18 heavy (non-hydrogen) atoms. The average molecular weight is 284 g/mol. The van der Waals surface area contributed by atoms with Gasteiger partial charge in [0, 0.05) is 15.6 Å². The van der Waals surface area contributed by atoms with Crippen LogP contribution in [0.25, 0.3) is 0 Å². The summed E-state index contributed by atoms with van der Waals surface area (Å²) in [5.41, 5.74) is 6.48.